The topological polar surface area (TPSA) is 39.4 Å². The van der Waals surface area contributed by atoms with E-state index in [0.29, 0.717) is 12.2 Å². The van der Waals surface area contributed by atoms with Gasteiger partial charge in [0.1, 0.15) is 17.9 Å². The van der Waals surface area contributed by atoms with Gasteiger partial charge in [-0.3, -0.25) is 0 Å². The maximum Gasteiger partial charge on any atom is 0.339 e. The first kappa shape index (κ1) is 14.1. The smallest absolute Gasteiger partial charge is 0.339 e. The number of hydrogen-bond donors (Lipinski definition) is 0. The fourth-order valence-corrected chi connectivity index (χ4v) is 3.29. The molecule has 4 rings (SSSR count). The van der Waals surface area contributed by atoms with Gasteiger partial charge in [-0.2, -0.15) is 0 Å². The molecule has 0 N–H and O–H groups in total. The molecule has 0 bridgehead atoms. The van der Waals surface area contributed by atoms with E-state index in [1.807, 2.05) is 30.3 Å². The van der Waals surface area contributed by atoms with E-state index in [1.165, 1.54) is 5.56 Å². The predicted molar refractivity (Wildman–Crippen MR) is 90.0 cm³/mol. The number of benzene rings is 2. The Kier molecular flexibility index (Phi) is 3.41. The van der Waals surface area contributed by atoms with E-state index in [2.05, 4.69) is 19.1 Å². The van der Waals surface area contributed by atoms with Crippen LogP contribution >= 0.6 is 0 Å². The molecule has 23 heavy (non-hydrogen) atoms. The maximum atomic E-state index is 12.1. The van der Waals surface area contributed by atoms with Gasteiger partial charge in [0.2, 0.25) is 0 Å². The van der Waals surface area contributed by atoms with Crippen molar-refractivity contribution in [1.82, 2.24) is 0 Å². The van der Waals surface area contributed by atoms with Crippen LogP contribution in [0.1, 0.15) is 28.7 Å². The molecule has 0 saturated carbocycles. The fraction of sp³-hybridized carbons (Fsp3) is 0.250. The number of hydrogen-bond acceptors (Lipinski definition) is 3. The zero-order valence-electron chi connectivity index (χ0n) is 13.1. The number of aryl methyl sites for hydroxylation is 2. The van der Waals surface area contributed by atoms with Crippen molar-refractivity contribution in [1.29, 1.82) is 0 Å². The highest BCUT2D eigenvalue weighted by atomic mass is 16.5. The SMILES string of the molecule is Cc1ccccc1COc1ccc2c3c(c(=O)oc2c1)CCC3. The minimum atomic E-state index is -0.193. The van der Waals surface area contributed by atoms with E-state index in [0.717, 1.165) is 47.1 Å². The number of fused-ring (bicyclic) bond motifs is 3. The highest BCUT2D eigenvalue weighted by Crippen LogP contribution is 2.29. The van der Waals surface area contributed by atoms with E-state index in [4.69, 9.17) is 9.15 Å². The van der Waals surface area contributed by atoms with Crippen molar-refractivity contribution in [2.75, 3.05) is 0 Å². The van der Waals surface area contributed by atoms with E-state index in [1.54, 1.807) is 0 Å². The Morgan fingerprint density at radius 1 is 1.09 bits per heavy atom. The normalized spacial score (nSPS) is 13.3. The van der Waals surface area contributed by atoms with E-state index < -0.39 is 0 Å². The third kappa shape index (κ3) is 2.52. The van der Waals surface area contributed by atoms with Gasteiger partial charge >= 0.3 is 5.63 Å². The summed E-state index contributed by atoms with van der Waals surface area (Å²) in [5.74, 6) is 0.724. The van der Waals surface area contributed by atoms with Crippen molar-refractivity contribution < 1.29 is 9.15 Å². The summed E-state index contributed by atoms with van der Waals surface area (Å²) in [7, 11) is 0. The first-order chi connectivity index (χ1) is 11.2. The second-order valence-electron chi connectivity index (χ2n) is 6.07. The van der Waals surface area contributed by atoms with Crippen LogP contribution in [0.3, 0.4) is 0 Å². The Bertz CT molecular complexity index is 937. The van der Waals surface area contributed by atoms with Crippen molar-refractivity contribution in [3.8, 4) is 5.75 Å². The van der Waals surface area contributed by atoms with Gasteiger partial charge in [-0.15, -0.1) is 0 Å². The molecule has 0 unspecified atom stereocenters. The van der Waals surface area contributed by atoms with Crippen LogP contribution < -0.4 is 10.4 Å². The van der Waals surface area contributed by atoms with Gasteiger partial charge < -0.3 is 9.15 Å². The van der Waals surface area contributed by atoms with Gasteiger partial charge in [0.05, 0.1) is 0 Å². The highest BCUT2D eigenvalue weighted by molar-refractivity contribution is 5.83. The zero-order chi connectivity index (χ0) is 15.8. The summed E-state index contributed by atoms with van der Waals surface area (Å²) in [6.07, 6.45) is 2.82. The average Bonchev–Trinajstić information content (AvgIpc) is 3.04. The van der Waals surface area contributed by atoms with Crippen molar-refractivity contribution in [2.24, 2.45) is 0 Å². The molecule has 2 aromatic carbocycles. The van der Waals surface area contributed by atoms with Gasteiger partial charge in [0, 0.05) is 17.0 Å². The van der Waals surface area contributed by atoms with Crippen molar-refractivity contribution in [3.05, 3.63) is 75.1 Å². The first-order valence-electron chi connectivity index (χ1n) is 7.98. The van der Waals surface area contributed by atoms with E-state index in [9.17, 15) is 4.79 Å². The Labute approximate surface area is 134 Å². The lowest BCUT2D eigenvalue weighted by atomic mass is 10.1. The zero-order valence-corrected chi connectivity index (χ0v) is 13.1. The summed E-state index contributed by atoms with van der Waals surface area (Å²) in [5.41, 5.74) is 4.80. The van der Waals surface area contributed by atoms with Gasteiger partial charge in [0.25, 0.3) is 0 Å². The standard InChI is InChI=1S/C20H18O3/c1-13-5-2-3-6-14(13)12-22-15-9-10-17-16-7-4-8-18(16)20(21)23-19(17)11-15/h2-3,5-6,9-11H,4,7-8,12H2,1H3. The minimum Gasteiger partial charge on any atom is -0.489 e. The lowest BCUT2D eigenvalue weighted by Crippen LogP contribution is -2.07. The maximum absolute atomic E-state index is 12.1. The van der Waals surface area contributed by atoms with Gasteiger partial charge in [-0.25, -0.2) is 4.79 Å². The molecule has 3 heteroatoms. The van der Waals surface area contributed by atoms with Crippen LogP contribution in [0.25, 0.3) is 11.0 Å². The Morgan fingerprint density at radius 2 is 1.91 bits per heavy atom. The molecule has 1 heterocycles. The summed E-state index contributed by atoms with van der Waals surface area (Å²) in [4.78, 5) is 12.1. The molecule has 3 nitrogen and oxygen atoms in total. The molecule has 0 aliphatic heterocycles. The molecule has 3 aromatic rings. The van der Waals surface area contributed by atoms with Crippen LogP contribution in [0.4, 0.5) is 0 Å². The van der Waals surface area contributed by atoms with Crippen LogP contribution in [-0.2, 0) is 19.4 Å². The summed E-state index contributed by atoms with van der Waals surface area (Å²) < 4.78 is 11.4. The van der Waals surface area contributed by atoms with E-state index >= 15 is 0 Å². The second-order valence-corrected chi connectivity index (χ2v) is 6.07. The molecule has 1 aliphatic carbocycles. The molecule has 0 fully saturated rings. The van der Waals surface area contributed by atoms with Crippen molar-refractivity contribution >= 4 is 11.0 Å². The first-order valence-corrected chi connectivity index (χ1v) is 7.98. The minimum absolute atomic E-state index is 0.193. The fourth-order valence-electron chi connectivity index (χ4n) is 3.29. The summed E-state index contributed by atoms with van der Waals surface area (Å²) in [5, 5.41) is 1.04. The summed E-state index contributed by atoms with van der Waals surface area (Å²) in [6.45, 7) is 2.58. The largest absolute Gasteiger partial charge is 0.489 e. The number of rotatable bonds is 3. The van der Waals surface area contributed by atoms with Crippen LogP contribution in [0.2, 0.25) is 0 Å². The lowest BCUT2D eigenvalue weighted by Gasteiger charge is -2.10. The highest BCUT2D eigenvalue weighted by Gasteiger charge is 2.19. The molecule has 1 aromatic heterocycles. The van der Waals surface area contributed by atoms with Gasteiger partial charge in [0.15, 0.2) is 0 Å². The monoisotopic (exact) mass is 306 g/mol. The summed E-state index contributed by atoms with van der Waals surface area (Å²) in [6, 6.07) is 14.0. The molecular weight excluding hydrogens is 288 g/mol. The van der Waals surface area contributed by atoms with Crippen LogP contribution in [0.5, 0.6) is 5.75 Å². The molecule has 0 saturated heterocycles. The molecule has 0 atom stereocenters. The average molecular weight is 306 g/mol. The molecular formula is C20H18O3. The molecule has 0 amide bonds. The number of ether oxygens (including phenoxy) is 1. The third-order valence-corrected chi connectivity index (χ3v) is 4.60. The Balaban J connectivity index is 1.66. The molecule has 116 valence electrons. The predicted octanol–water partition coefficient (Wildman–Crippen LogP) is 4.17. The summed E-state index contributed by atoms with van der Waals surface area (Å²) >= 11 is 0. The molecule has 0 radical (unpaired) electrons. The van der Waals surface area contributed by atoms with Crippen LogP contribution in [0, 0.1) is 6.92 Å². The quantitative estimate of drug-likeness (QED) is 0.682. The van der Waals surface area contributed by atoms with E-state index in [-0.39, 0.29) is 5.63 Å². The van der Waals surface area contributed by atoms with Crippen molar-refractivity contribution in [2.45, 2.75) is 32.8 Å². The van der Waals surface area contributed by atoms with Crippen LogP contribution in [0.15, 0.2) is 51.7 Å². The third-order valence-electron chi connectivity index (χ3n) is 4.60. The van der Waals surface area contributed by atoms with Gasteiger partial charge in [-0.1, -0.05) is 24.3 Å². The van der Waals surface area contributed by atoms with Gasteiger partial charge in [-0.05, 0) is 55.0 Å². The van der Waals surface area contributed by atoms with Crippen LogP contribution in [-0.4, -0.2) is 0 Å². The van der Waals surface area contributed by atoms with Crippen molar-refractivity contribution in [3.63, 3.8) is 0 Å². The Morgan fingerprint density at radius 3 is 2.78 bits per heavy atom. The Hall–Kier alpha value is -2.55. The lowest BCUT2D eigenvalue weighted by molar-refractivity contribution is 0.305. The molecule has 0 spiro atoms. The second kappa shape index (κ2) is 5.58. The molecule has 1 aliphatic rings.